The predicted octanol–water partition coefficient (Wildman–Crippen LogP) is 5.67. The van der Waals surface area contributed by atoms with E-state index in [1.807, 2.05) is 67.6 Å². The maximum absolute atomic E-state index is 12.7. The van der Waals surface area contributed by atoms with Crippen molar-refractivity contribution in [3.05, 3.63) is 84.0 Å². The Morgan fingerprint density at radius 1 is 1.03 bits per heavy atom. The van der Waals surface area contributed by atoms with E-state index in [9.17, 15) is 22.8 Å². The van der Waals surface area contributed by atoms with Crippen molar-refractivity contribution in [2.24, 2.45) is 5.92 Å². The van der Waals surface area contributed by atoms with Gasteiger partial charge < -0.3 is 18.9 Å². The van der Waals surface area contributed by atoms with E-state index in [0.717, 1.165) is 11.1 Å². The smallest absolute Gasteiger partial charge is 0.489 e. The van der Waals surface area contributed by atoms with E-state index in [1.54, 1.807) is 26.0 Å². The summed E-state index contributed by atoms with van der Waals surface area (Å²) >= 11 is 0. The number of rotatable bonds is 10. The number of carbonyl (C=O) groups excluding carboxylic acids is 2. The van der Waals surface area contributed by atoms with Crippen molar-refractivity contribution in [1.82, 2.24) is 0 Å². The van der Waals surface area contributed by atoms with E-state index >= 15 is 0 Å². The van der Waals surface area contributed by atoms with Crippen LogP contribution in [0, 0.1) is 5.92 Å². The summed E-state index contributed by atoms with van der Waals surface area (Å²) < 4.78 is 59.2. The lowest BCUT2D eigenvalue weighted by Crippen LogP contribution is -2.46. The fourth-order valence-electron chi connectivity index (χ4n) is 3.85. The molecule has 2 aromatic rings. The summed E-state index contributed by atoms with van der Waals surface area (Å²) in [7, 11) is 0. The van der Waals surface area contributed by atoms with Gasteiger partial charge >= 0.3 is 18.1 Å². The van der Waals surface area contributed by atoms with E-state index in [4.69, 9.17) is 14.2 Å². The molecule has 0 spiro atoms. The van der Waals surface area contributed by atoms with E-state index < -0.39 is 36.4 Å². The fourth-order valence-corrected chi connectivity index (χ4v) is 3.85. The molecule has 3 rings (SSSR count). The Morgan fingerprint density at radius 2 is 1.70 bits per heavy atom. The third-order valence-electron chi connectivity index (χ3n) is 6.01. The minimum atomic E-state index is -5.20. The molecule has 0 saturated carbocycles. The molecule has 3 atom stereocenters. The molecule has 0 aliphatic heterocycles. The third kappa shape index (κ3) is 7.22. The number of esters is 2. The van der Waals surface area contributed by atoms with Gasteiger partial charge in [-0.2, -0.15) is 13.2 Å². The standard InChI is InChI=1S/C28H29F3O6/c1-4-34-25(32)24(18-36-26(33)28(29,30)31)37-27(3)19(2)9-8-12-23(27)21-13-15-22(16-14-21)35-17-20-10-6-5-7-11-20/h5-16,19,24H,4,17-18H2,1-3H3. The molecule has 1 aliphatic carbocycles. The minimum absolute atomic E-state index is 0.0226. The number of hydrogen-bond acceptors (Lipinski definition) is 6. The summed E-state index contributed by atoms with van der Waals surface area (Å²) in [6.45, 7) is 4.57. The molecule has 198 valence electrons. The second-order valence-electron chi connectivity index (χ2n) is 8.61. The van der Waals surface area contributed by atoms with Crippen molar-refractivity contribution in [3.8, 4) is 5.75 Å². The van der Waals surface area contributed by atoms with Crippen LogP contribution in [0.1, 0.15) is 31.9 Å². The Hall–Kier alpha value is -3.59. The molecule has 0 saturated heterocycles. The summed E-state index contributed by atoms with van der Waals surface area (Å²) in [5, 5.41) is 0. The lowest BCUT2D eigenvalue weighted by atomic mass is 9.77. The van der Waals surface area contributed by atoms with Crippen molar-refractivity contribution in [2.45, 2.75) is 45.3 Å². The average Bonchev–Trinajstić information content (AvgIpc) is 2.87. The molecule has 0 radical (unpaired) electrons. The molecule has 37 heavy (non-hydrogen) atoms. The van der Waals surface area contributed by atoms with Crippen LogP contribution >= 0.6 is 0 Å². The van der Waals surface area contributed by atoms with Crippen LogP contribution in [0.15, 0.2) is 72.8 Å². The van der Waals surface area contributed by atoms with Gasteiger partial charge in [-0.05, 0) is 42.7 Å². The van der Waals surface area contributed by atoms with Crippen LogP contribution in [-0.4, -0.2) is 43.0 Å². The molecule has 6 nitrogen and oxygen atoms in total. The summed E-state index contributed by atoms with van der Waals surface area (Å²) in [5.74, 6) is -2.96. The number of alkyl halides is 3. The molecule has 0 aromatic heterocycles. The topological polar surface area (TPSA) is 71.1 Å². The maximum atomic E-state index is 12.7. The maximum Gasteiger partial charge on any atom is 0.490 e. The number of benzene rings is 2. The van der Waals surface area contributed by atoms with Crippen LogP contribution in [0.5, 0.6) is 5.75 Å². The molecule has 0 bridgehead atoms. The summed E-state index contributed by atoms with van der Waals surface area (Å²) in [5.41, 5.74) is 1.33. The van der Waals surface area contributed by atoms with Crippen molar-refractivity contribution in [1.29, 1.82) is 0 Å². The number of halogens is 3. The van der Waals surface area contributed by atoms with Crippen molar-refractivity contribution < 1.29 is 41.7 Å². The first-order valence-corrected chi connectivity index (χ1v) is 11.8. The van der Waals surface area contributed by atoms with Gasteiger partial charge in [-0.15, -0.1) is 0 Å². The zero-order valence-corrected chi connectivity index (χ0v) is 20.8. The monoisotopic (exact) mass is 518 g/mol. The van der Waals surface area contributed by atoms with Gasteiger partial charge in [0, 0.05) is 5.92 Å². The molecular formula is C28H29F3O6. The molecule has 9 heteroatoms. The Balaban J connectivity index is 1.80. The highest BCUT2D eigenvalue weighted by Gasteiger charge is 2.44. The second kappa shape index (κ2) is 12.1. The first kappa shape index (κ1) is 28.0. The van der Waals surface area contributed by atoms with Gasteiger partial charge in [0.1, 0.15) is 19.0 Å². The SMILES string of the molecule is CCOC(=O)C(COC(=O)C(F)(F)F)OC1(C)C(c2ccc(OCc3ccccc3)cc2)=CC=CC1C. The number of hydrogen-bond donors (Lipinski definition) is 0. The lowest BCUT2D eigenvalue weighted by Gasteiger charge is -2.40. The summed E-state index contributed by atoms with van der Waals surface area (Å²) in [6, 6.07) is 17.0. The Morgan fingerprint density at radius 3 is 2.32 bits per heavy atom. The van der Waals surface area contributed by atoms with Gasteiger partial charge in [-0.3, -0.25) is 0 Å². The Labute approximate surface area is 213 Å². The molecule has 0 fully saturated rings. The average molecular weight is 519 g/mol. The van der Waals surface area contributed by atoms with E-state index in [1.165, 1.54) is 0 Å². The van der Waals surface area contributed by atoms with Crippen LogP contribution in [-0.2, 0) is 30.4 Å². The largest absolute Gasteiger partial charge is 0.490 e. The lowest BCUT2D eigenvalue weighted by molar-refractivity contribution is -0.207. The normalized spacial score (nSPS) is 20.1. The second-order valence-corrected chi connectivity index (χ2v) is 8.61. The van der Waals surface area contributed by atoms with Crippen LogP contribution < -0.4 is 4.74 Å². The zero-order chi connectivity index (χ0) is 27.1. The molecule has 0 N–H and O–H groups in total. The molecule has 3 unspecified atom stereocenters. The van der Waals surface area contributed by atoms with Gasteiger partial charge in [0.2, 0.25) is 0 Å². The van der Waals surface area contributed by atoms with Crippen molar-refractivity contribution >= 4 is 17.5 Å². The zero-order valence-electron chi connectivity index (χ0n) is 20.8. The van der Waals surface area contributed by atoms with Crippen LogP contribution in [0.4, 0.5) is 13.2 Å². The molecule has 0 heterocycles. The number of ether oxygens (including phenoxy) is 4. The highest BCUT2D eigenvalue weighted by atomic mass is 19.4. The van der Waals surface area contributed by atoms with E-state index in [0.29, 0.717) is 17.9 Å². The Kier molecular flexibility index (Phi) is 9.15. The number of carbonyl (C=O) groups is 2. The van der Waals surface area contributed by atoms with Crippen molar-refractivity contribution in [3.63, 3.8) is 0 Å². The highest BCUT2D eigenvalue weighted by molar-refractivity contribution is 5.79. The van der Waals surface area contributed by atoms with Crippen LogP contribution in [0.3, 0.4) is 0 Å². The van der Waals surface area contributed by atoms with Gasteiger partial charge in [0.25, 0.3) is 0 Å². The van der Waals surface area contributed by atoms with E-state index in [2.05, 4.69) is 4.74 Å². The number of allylic oxidation sites excluding steroid dienone is 2. The van der Waals surface area contributed by atoms with Crippen molar-refractivity contribution in [2.75, 3.05) is 13.2 Å². The molecule has 2 aromatic carbocycles. The quantitative estimate of drug-likeness (QED) is 0.378. The van der Waals surface area contributed by atoms with Gasteiger partial charge in [0.05, 0.1) is 12.2 Å². The van der Waals surface area contributed by atoms with E-state index in [-0.39, 0.29) is 12.5 Å². The minimum Gasteiger partial charge on any atom is -0.489 e. The fraction of sp³-hybridized carbons (Fsp3) is 0.357. The highest BCUT2D eigenvalue weighted by Crippen LogP contribution is 2.41. The predicted molar refractivity (Wildman–Crippen MR) is 130 cm³/mol. The summed E-state index contributed by atoms with van der Waals surface area (Å²) in [4.78, 5) is 23.8. The van der Waals surface area contributed by atoms with Crippen LogP contribution in [0.2, 0.25) is 0 Å². The van der Waals surface area contributed by atoms with Gasteiger partial charge in [-0.1, -0.05) is 67.6 Å². The van der Waals surface area contributed by atoms with Crippen LogP contribution in [0.25, 0.3) is 5.57 Å². The molecular weight excluding hydrogens is 489 g/mol. The Bertz CT molecular complexity index is 1120. The summed E-state index contributed by atoms with van der Waals surface area (Å²) in [6.07, 6.45) is -1.26. The third-order valence-corrected chi connectivity index (χ3v) is 6.01. The molecule has 0 amide bonds. The first-order valence-electron chi connectivity index (χ1n) is 11.8. The van der Waals surface area contributed by atoms with Gasteiger partial charge in [-0.25, -0.2) is 9.59 Å². The molecule has 1 aliphatic rings. The van der Waals surface area contributed by atoms with Gasteiger partial charge in [0.15, 0.2) is 6.10 Å². The first-order chi connectivity index (χ1) is 17.5.